The standard InChI is InChI=1S/C14H26N2O/c17-10-12-9-16(13-3-7-15-8-4-13)11-14(12)5-1-2-6-14/h12-13,15,17H,1-11H2. The van der Waals surface area contributed by atoms with E-state index in [1.54, 1.807) is 0 Å². The van der Waals surface area contributed by atoms with E-state index in [2.05, 4.69) is 10.2 Å². The summed E-state index contributed by atoms with van der Waals surface area (Å²) in [7, 11) is 0. The van der Waals surface area contributed by atoms with Crippen LogP contribution in [0.5, 0.6) is 0 Å². The third-order valence-corrected chi connectivity index (χ3v) is 5.48. The number of nitrogens with zero attached hydrogens (tertiary/aromatic N) is 1. The Balaban J connectivity index is 1.68. The minimum Gasteiger partial charge on any atom is -0.396 e. The van der Waals surface area contributed by atoms with Crippen molar-refractivity contribution in [1.82, 2.24) is 10.2 Å². The van der Waals surface area contributed by atoms with Crippen LogP contribution in [0.25, 0.3) is 0 Å². The minimum absolute atomic E-state index is 0.404. The molecule has 0 amide bonds. The Hall–Kier alpha value is -0.120. The van der Waals surface area contributed by atoms with E-state index in [9.17, 15) is 5.11 Å². The molecule has 1 aliphatic carbocycles. The number of rotatable bonds is 2. The third-order valence-electron chi connectivity index (χ3n) is 5.48. The molecular formula is C14H26N2O. The van der Waals surface area contributed by atoms with Crippen molar-refractivity contribution in [1.29, 1.82) is 0 Å². The smallest absolute Gasteiger partial charge is 0.0477 e. The highest BCUT2D eigenvalue weighted by atomic mass is 16.3. The monoisotopic (exact) mass is 238 g/mol. The van der Waals surface area contributed by atoms with E-state index in [0.717, 1.165) is 12.6 Å². The maximum absolute atomic E-state index is 9.67. The van der Waals surface area contributed by atoms with Crippen molar-refractivity contribution in [3.05, 3.63) is 0 Å². The lowest BCUT2D eigenvalue weighted by Crippen LogP contribution is -2.42. The van der Waals surface area contributed by atoms with E-state index < -0.39 is 0 Å². The average molecular weight is 238 g/mol. The Bertz CT molecular complexity index is 257. The number of hydrogen-bond donors (Lipinski definition) is 2. The van der Waals surface area contributed by atoms with Crippen molar-refractivity contribution in [2.45, 2.75) is 44.6 Å². The number of nitrogens with one attached hydrogen (secondary N) is 1. The molecule has 2 heterocycles. The summed E-state index contributed by atoms with van der Waals surface area (Å²) in [6, 6.07) is 0.783. The van der Waals surface area contributed by atoms with E-state index in [0.29, 0.717) is 17.9 Å². The van der Waals surface area contributed by atoms with E-state index in [-0.39, 0.29) is 0 Å². The van der Waals surface area contributed by atoms with Crippen molar-refractivity contribution < 1.29 is 5.11 Å². The van der Waals surface area contributed by atoms with Gasteiger partial charge in [0.1, 0.15) is 0 Å². The zero-order valence-corrected chi connectivity index (χ0v) is 10.8. The molecule has 1 saturated carbocycles. The van der Waals surface area contributed by atoms with Crippen LogP contribution in [0.4, 0.5) is 0 Å². The first kappa shape index (κ1) is 11.9. The second-order valence-electron chi connectivity index (χ2n) is 6.36. The third kappa shape index (κ3) is 2.13. The van der Waals surface area contributed by atoms with Gasteiger partial charge < -0.3 is 10.4 Å². The summed E-state index contributed by atoms with van der Waals surface area (Å²) in [5.41, 5.74) is 0.486. The zero-order valence-electron chi connectivity index (χ0n) is 10.8. The van der Waals surface area contributed by atoms with Crippen LogP contribution in [0.2, 0.25) is 0 Å². The maximum Gasteiger partial charge on any atom is 0.0477 e. The molecule has 1 unspecified atom stereocenters. The van der Waals surface area contributed by atoms with Crippen molar-refractivity contribution in [3.63, 3.8) is 0 Å². The Morgan fingerprint density at radius 2 is 1.88 bits per heavy atom. The van der Waals surface area contributed by atoms with Crippen LogP contribution in [-0.2, 0) is 0 Å². The Labute approximate surface area is 105 Å². The molecule has 3 nitrogen and oxygen atoms in total. The molecule has 98 valence electrons. The van der Waals surface area contributed by atoms with Crippen molar-refractivity contribution >= 4 is 0 Å². The molecule has 3 rings (SSSR count). The highest BCUT2D eigenvalue weighted by Crippen LogP contribution is 2.49. The van der Waals surface area contributed by atoms with Gasteiger partial charge in [-0.2, -0.15) is 0 Å². The molecule has 17 heavy (non-hydrogen) atoms. The summed E-state index contributed by atoms with van der Waals surface area (Å²) in [4.78, 5) is 2.70. The summed E-state index contributed by atoms with van der Waals surface area (Å²) in [6.45, 7) is 5.18. The van der Waals surface area contributed by atoms with Gasteiger partial charge in [0.15, 0.2) is 0 Å². The van der Waals surface area contributed by atoms with Crippen LogP contribution in [0, 0.1) is 11.3 Å². The second-order valence-corrected chi connectivity index (χ2v) is 6.36. The predicted molar refractivity (Wildman–Crippen MR) is 68.9 cm³/mol. The van der Waals surface area contributed by atoms with Crippen LogP contribution in [0.1, 0.15) is 38.5 Å². The lowest BCUT2D eigenvalue weighted by molar-refractivity contribution is 0.137. The lowest BCUT2D eigenvalue weighted by Gasteiger charge is -2.33. The summed E-state index contributed by atoms with van der Waals surface area (Å²) in [5.74, 6) is 0.555. The van der Waals surface area contributed by atoms with Crippen LogP contribution in [0.3, 0.4) is 0 Å². The Kier molecular flexibility index (Phi) is 3.42. The van der Waals surface area contributed by atoms with Gasteiger partial charge in [0.2, 0.25) is 0 Å². The molecule has 2 aliphatic heterocycles. The molecule has 0 aromatic rings. The van der Waals surface area contributed by atoms with Crippen LogP contribution < -0.4 is 5.32 Å². The normalized spacial score (nSPS) is 34.8. The Morgan fingerprint density at radius 3 is 2.53 bits per heavy atom. The largest absolute Gasteiger partial charge is 0.396 e. The number of aliphatic hydroxyl groups excluding tert-OH is 1. The highest BCUT2D eigenvalue weighted by molar-refractivity contribution is 5.01. The fourth-order valence-electron chi connectivity index (χ4n) is 4.42. The van der Waals surface area contributed by atoms with Gasteiger partial charge >= 0.3 is 0 Å². The van der Waals surface area contributed by atoms with E-state index in [1.807, 2.05) is 0 Å². The minimum atomic E-state index is 0.404. The van der Waals surface area contributed by atoms with Gasteiger partial charge in [0.05, 0.1) is 0 Å². The summed E-state index contributed by atoms with van der Waals surface area (Å²) in [5, 5.41) is 13.1. The van der Waals surface area contributed by atoms with Crippen molar-refractivity contribution in [3.8, 4) is 0 Å². The number of piperidine rings is 1. The lowest BCUT2D eigenvalue weighted by atomic mass is 9.77. The molecule has 3 fully saturated rings. The average Bonchev–Trinajstić information content (AvgIpc) is 2.99. The van der Waals surface area contributed by atoms with Crippen LogP contribution in [0.15, 0.2) is 0 Å². The molecule has 0 bridgehead atoms. The van der Waals surface area contributed by atoms with Gasteiger partial charge in [0.25, 0.3) is 0 Å². The number of hydrogen-bond acceptors (Lipinski definition) is 3. The SMILES string of the molecule is OCC1CN(C2CCNCC2)CC12CCCC2. The van der Waals surface area contributed by atoms with Gasteiger partial charge in [-0.1, -0.05) is 12.8 Å². The van der Waals surface area contributed by atoms with Gasteiger partial charge in [-0.15, -0.1) is 0 Å². The van der Waals surface area contributed by atoms with Gasteiger partial charge in [0, 0.05) is 31.7 Å². The molecule has 2 saturated heterocycles. The Morgan fingerprint density at radius 1 is 1.18 bits per heavy atom. The van der Waals surface area contributed by atoms with Gasteiger partial charge in [-0.05, 0) is 44.2 Å². The summed E-state index contributed by atoms with van der Waals surface area (Å²) in [6.07, 6.45) is 8.09. The second kappa shape index (κ2) is 4.87. The first-order chi connectivity index (χ1) is 8.34. The zero-order chi connectivity index (χ0) is 11.7. The highest BCUT2D eigenvalue weighted by Gasteiger charge is 2.48. The number of aliphatic hydroxyl groups is 1. The van der Waals surface area contributed by atoms with E-state index >= 15 is 0 Å². The van der Waals surface area contributed by atoms with Crippen LogP contribution in [-0.4, -0.2) is 48.8 Å². The summed E-state index contributed by atoms with van der Waals surface area (Å²) < 4.78 is 0. The molecule has 3 heteroatoms. The van der Waals surface area contributed by atoms with Gasteiger partial charge in [-0.25, -0.2) is 0 Å². The fraction of sp³-hybridized carbons (Fsp3) is 1.00. The molecule has 0 aromatic heterocycles. The topological polar surface area (TPSA) is 35.5 Å². The molecule has 0 radical (unpaired) electrons. The first-order valence-corrected chi connectivity index (χ1v) is 7.40. The quantitative estimate of drug-likeness (QED) is 0.759. The van der Waals surface area contributed by atoms with E-state index in [4.69, 9.17) is 0 Å². The maximum atomic E-state index is 9.67. The van der Waals surface area contributed by atoms with Crippen LogP contribution >= 0.6 is 0 Å². The summed E-state index contributed by atoms with van der Waals surface area (Å²) >= 11 is 0. The van der Waals surface area contributed by atoms with Crippen molar-refractivity contribution in [2.24, 2.45) is 11.3 Å². The fourth-order valence-corrected chi connectivity index (χ4v) is 4.42. The molecule has 1 atom stereocenters. The molecule has 1 spiro atoms. The molecular weight excluding hydrogens is 212 g/mol. The first-order valence-electron chi connectivity index (χ1n) is 7.40. The van der Waals surface area contributed by atoms with Gasteiger partial charge in [-0.3, -0.25) is 4.90 Å². The molecule has 0 aromatic carbocycles. The van der Waals surface area contributed by atoms with E-state index in [1.165, 1.54) is 58.2 Å². The predicted octanol–water partition coefficient (Wildman–Crippen LogP) is 1.22. The number of likely N-dealkylation sites (tertiary alicyclic amines) is 1. The van der Waals surface area contributed by atoms with Crippen molar-refractivity contribution in [2.75, 3.05) is 32.8 Å². The molecule has 2 N–H and O–H groups in total. The molecule has 3 aliphatic rings.